The van der Waals surface area contributed by atoms with Gasteiger partial charge in [-0.05, 0) is 24.8 Å². The van der Waals surface area contributed by atoms with Gasteiger partial charge in [0.2, 0.25) is 29.5 Å². The molecule has 0 saturated heterocycles. The molecule has 0 aliphatic carbocycles. The van der Waals surface area contributed by atoms with Gasteiger partial charge >= 0.3 is 47.9 Å². The zero-order chi connectivity index (χ0) is 52.2. The van der Waals surface area contributed by atoms with Crippen LogP contribution in [0.5, 0.6) is 0 Å². The second-order valence-corrected chi connectivity index (χ2v) is 17.4. The van der Waals surface area contributed by atoms with Crippen LogP contribution in [-0.4, -0.2) is 162 Å². The summed E-state index contributed by atoms with van der Waals surface area (Å²) in [5.41, 5.74) is 4.69. The zero-order valence-corrected chi connectivity index (χ0v) is 38.6. The van der Waals surface area contributed by atoms with Gasteiger partial charge in [0.15, 0.2) is 0 Å². The van der Waals surface area contributed by atoms with Gasteiger partial charge in [0.25, 0.3) is 0 Å². The SMILES string of the molecule is CC(C)C(=O)NNC(=O)OCCSSC[C@@H](NC(=O)[C@@H](Cc1ccccc1)NC(=O)[C@H](CC(=O)O)NC(=O)CC[C@H](NC(=O)CC[C@H](NC(=O)N[C@@H](CCC(=O)O)C(=O)O)C(=O)O)C(=O)O)C(=O)O. The Balaban J connectivity index is 2.94. The maximum atomic E-state index is 13.5. The van der Waals surface area contributed by atoms with Crippen LogP contribution >= 0.6 is 21.6 Å². The minimum atomic E-state index is -1.88. The van der Waals surface area contributed by atoms with Crippen molar-refractivity contribution < 1.29 is 97.7 Å². The van der Waals surface area contributed by atoms with Gasteiger partial charge in [-0.2, -0.15) is 0 Å². The van der Waals surface area contributed by atoms with Crippen molar-refractivity contribution in [3.8, 4) is 0 Å². The lowest BCUT2D eigenvalue weighted by Crippen LogP contribution is -2.57. The number of nitrogens with one attached hydrogen (secondary N) is 8. The minimum absolute atomic E-state index is 0.136. The summed E-state index contributed by atoms with van der Waals surface area (Å²) in [6.45, 7) is 3.08. The molecule has 0 fully saturated rings. The van der Waals surface area contributed by atoms with Crippen LogP contribution in [0.15, 0.2) is 30.3 Å². The minimum Gasteiger partial charge on any atom is -0.481 e. The Kier molecular flexibility index (Phi) is 27.3. The van der Waals surface area contributed by atoms with Gasteiger partial charge in [-0.1, -0.05) is 65.8 Å². The molecule has 0 unspecified atom stereocenters. The largest absolute Gasteiger partial charge is 0.481 e. The number of hydrazine groups is 1. The number of urea groups is 1. The molecule has 0 aromatic heterocycles. The van der Waals surface area contributed by atoms with E-state index in [2.05, 4.69) is 32.1 Å². The first-order chi connectivity index (χ1) is 32.4. The van der Waals surface area contributed by atoms with E-state index < -0.39 is 165 Å². The van der Waals surface area contributed by atoms with E-state index in [4.69, 9.17) is 9.84 Å². The summed E-state index contributed by atoms with van der Waals surface area (Å²) in [6, 6.07) is -3.58. The monoisotopic (exact) mass is 1020 g/mol. The van der Waals surface area contributed by atoms with Gasteiger partial charge in [0.1, 0.15) is 42.9 Å². The summed E-state index contributed by atoms with van der Waals surface area (Å²) in [4.78, 5) is 158. The molecule has 0 heterocycles. The highest BCUT2D eigenvalue weighted by molar-refractivity contribution is 8.76. The van der Waals surface area contributed by atoms with Crippen molar-refractivity contribution in [2.24, 2.45) is 5.92 Å². The highest BCUT2D eigenvalue weighted by Gasteiger charge is 2.32. The number of carbonyl (C=O) groups is 13. The zero-order valence-electron chi connectivity index (χ0n) is 36.9. The molecule has 0 bridgehead atoms. The number of benzene rings is 1. The molecule has 1 aromatic rings. The van der Waals surface area contributed by atoms with Crippen molar-refractivity contribution in [2.45, 2.75) is 101 Å². The topological polar surface area (TPSA) is 449 Å². The molecule has 382 valence electrons. The van der Waals surface area contributed by atoms with E-state index in [1.165, 1.54) is 0 Å². The van der Waals surface area contributed by atoms with Crippen LogP contribution in [0.4, 0.5) is 9.59 Å². The molecule has 30 heteroatoms. The van der Waals surface area contributed by atoms with Crippen molar-refractivity contribution >= 4 is 99.1 Å². The fraction of sp³-hybridized carbons (Fsp3) is 0.513. The van der Waals surface area contributed by atoms with Crippen LogP contribution in [0, 0.1) is 5.92 Å². The Morgan fingerprint density at radius 3 is 1.49 bits per heavy atom. The Morgan fingerprint density at radius 2 is 1.00 bits per heavy atom. The average Bonchev–Trinajstić information content (AvgIpc) is 3.26. The van der Waals surface area contributed by atoms with E-state index >= 15 is 0 Å². The van der Waals surface area contributed by atoms with Crippen LogP contribution in [0.3, 0.4) is 0 Å². The van der Waals surface area contributed by atoms with Crippen LogP contribution in [-0.2, 0) is 63.9 Å². The van der Waals surface area contributed by atoms with Crippen molar-refractivity contribution in [1.82, 2.24) is 42.8 Å². The molecular weight excluding hydrogens is 965 g/mol. The number of aliphatic carboxylic acids is 6. The Hall–Kier alpha value is -7.37. The van der Waals surface area contributed by atoms with Crippen molar-refractivity contribution in [1.29, 1.82) is 0 Å². The maximum Gasteiger partial charge on any atom is 0.426 e. The number of rotatable bonds is 32. The maximum absolute atomic E-state index is 13.5. The second-order valence-electron chi connectivity index (χ2n) is 14.7. The number of hydrogen-bond donors (Lipinski definition) is 14. The van der Waals surface area contributed by atoms with Crippen LogP contribution in [0.1, 0.15) is 64.4 Å². The Bertz CT molecular complexity index is 2010. The number of amides is 8. The standard InChI is InChI=1S/C39H54N8O20S2/c1-19(2)31(54)46-47-39(66)67-14-15-68-69-18-26(37(63)64)43-32(55)24(16-20-6-4-3-5-7-20)42-33(56)25(17-30(52)53)41-28(49)11-8-21(34(57)58)40-27(48)12-9-22(35(59)60)44-38(65)45-23(36(61)62)10-13-29(50)51/h3-7,19,21-26H,8-18H2,1-2H3,(H,40,48)(H,41,49)(H,42,56)(H,43,55)(H,46,54)(H,47,66)(H,50,51)(H,52,53)(H,57,58)(H,59,60)(H,61,62)(H,63,64)(H2,44,45,65)/t21-,22-,23-,24+,25-,26+/m0/s1. The summed E-state index contributed by atoms with van der Waals surface area (Å²) in [5, 5.41) is 69.2. The first-order valence-corrected chi connectivity index (χ1v) is 23.0. The first kappa shape index (κ1) is 59.6. The van der Waals surface area contributed by atoms with E-state index in [0.29, 0.717) is 5.56 Å². The number of hydrogen-bond acceptors (Lipinski definition) is 16. The van der Waals surface area contributed by atoms with E-state index in [-0.39, 0.29) is 24.5 Å². The van der Waals surface area contributed by atoms with Gasteiger partial charge < -0.3 is 67.3 Å². The number of carbonyl (C=O) groups excluding carboxylic acids is 7. The average molecular weight is 1020 g/mol. The van der Waals surface area contributed by atoms with Crippen molar-refractivity contribution in [2.75, 3.05) is 18.1 Å². The van der Waals surface area contributed by atoms with E-state index in [1.807, 2.05) is 10.6 Å². The second kappa shape index (κ2) is 31.6. The fourth-order valence-corrected chi connectivity index (χ4v) is 7.26. The van der Waals surface area contributed by atoms with Gasteiger partial charge in [-0.25, -0.2) is 34.2 Å². The third-order valence-corrected chi connectivity index (χ3v) is 11.3. The van der Waals surface area contributed by atoms with Gasteiger partial charge in [-0.3, -0.25) is 39.0 Å². The smallest absolute Gasteiger partial charge is 0.426 e. The van der Waals surface area contributed by atoms with Crippen LogP contribution in [0.2, 0.25) is 0 Å². The lowest BCUT2D eigenvalue weighted by atomic mass is 10.0. The van der Waals surface area contributed by atoms with Gasteiger partial charge in [-0.15, -0.1) is 0 Å². The molecule has 0 aliphatic heterocycles. The Morgan fingerprint density at radius 1 is 0.522 bits per heavy atom. The van der Waals surface area contributed by atoms with Gasteiger partial charge in [0, 0.05) is 43.1 Å². The molecule has 69 heavy (non-hydrogen) atoms. The molecule has 8 amide bonds. The third-order valence-electron chi connectivity index (χ3n) is 8.90. The Labute approximate surface area is 399 Å². The van der Waals surface area contributed by atoms with Gasteiger partial charge in [0.05, 0.1) is 6.42 Å². The van der Waals surface area contributed by atoms with E-state index in [1.54, 1.807) is 44.2 Å². The summed E-state index contributed by atoms with van der Waals surface area (Å²) in [5.74, 6) is -14.7. The quantitative estimate of drug-likeness (QED) is 0.0216. The number of carboxylic acids is 6. The highest BCUT2D eigenvalue weighted by atomic mass is 33.1. The fourth-order valence-electron chi connectivity index (χ4n) is 5.28. The van der Waals surface area contributed by atoms with Crippen molar-refractivity contribution in [3.63, 3.8) is 0 Å². The summed E-state index contributed by atoms with van der Waals surface area (Å²) in [6.07, 6.45) is -6.18. The summed E-state index contributed by atoms with van der Waals surface area (Å²) >= 11 is 0. The lowest BCUT2D eigenvalue weighted by molar-refractivity contribution is -0.143. The summed E-state index contributed by atoms with van der Waals surface area (Å²) in [7, 11) is 2.07. The molecule has 1 rings (SSSR count). The molecule has 0 radical (unpaired) electrons. The number of ether oxygens (including phenoxy) is 1. The molecule has 0 saturated carbocycles. The van der Waals surface area contributed by atoms with E-state index in [0.717, 1.165) is 21.6 Å². The lowest BCUT2D eigenvalue weighted by Gasteiger charge is -2.24. The molecule has 14 N–H and O–H groups in total. The molecule has 6 atom stereocenters. The highest BCUT2D eigenvalue weighted by Crippen LogP contribution is 2.22. The molecule has 28 nitrogen and oxygen atoms in total. The summed E-state index contributed by atoms with van der Waals surface area (Å²) < 4.78 is 4.91. The number of carboxylic acid groups (broad SMARTS) is 6. The third kappa shape index (κ3) is 25.9. The molecule has 1 aromatic carbocycles. The van der Waals surface area contributed by atoms with Crippen LogP contribution < -0.4 is 42.8 Å². The van der Waals surface area contributed by atoms with E-state index in [9.17, 15) is 87.9 Å². The molecule has 0 aliphatic rings. The normalized spacial score (nSPS) is 13.3. The predicted molar refractivity (Wildman–Crippen MR) is 238 cm³/mol. The first-order valence-electron chi connectivity index (χ1n) is 20.5. The predicted octanol–water partition coefficient (Wildman–Crippen LogP) is -1.76. The van der Waals surface area contributed by atoms with Crippen molar-refractivity contribution in [3.05, 3.63) is 35.9 Å². The van der Waals surface area contributed by atoms with Crippen LogP contribution in [0.25, 0.3) is 0 Å². The molecular formula is C39H54N8O20S2. The molecule has 0 spiro atoms.